The standard InChI is InChI=1S/C9H18O2/c1-7-3-2-4-8(5-10)9(7)6-11/h7-11H,2-6H2,1H3/t7-,8?,9+/m1/s1. The van der Waals surface area contributed by atoms with Crippen LogP contribution in [-0.2, 0) is 0 Å². The molecule has 1 saturated carbocycles. The van der Waals surface area contributed by atoms with E-state index in [-0.39, 0.29) is 13.2 Å². The van der Waals surface area contributed by atoms with Gasteiger partial charge in [0.25, 0.3) is 0 Å². The molecule has 0 saturated heterocycles. The monoisotopic (exact) mass is 158 g/mol. The Bertz CT molecular complexity index is 114. The molecule has 0 amide bonds. The van der Waals surface area contributed by atoms with Gasteiger partial charge in [-0.3, -0.25) is 0 Å². The number of aliphatic hydroxyl groups is 2. The summed E-state index contributed by atoms with van der Waals surface area (Å²) in [6.07, 6.45) is 3.51. The maximum absolute atomic E-state index is 9.05. The Morgan fingerprint density at radius 1 is 1.18 bits per heavy atom. The molecule has 0 bridgehead atoms. The molecular weight excluding hydrogens is 140 g/mol. The minimum Gasteiger partial charge on any atom is -0.396 e. The first-order chi connectivity index (χ1) is 5.29. The minimum atomic E-state index is 0.242. The molecular formula is C9H18O2. The molecule has 2 nitrogen and oxygen atoms in total. The Morgan fingerprint density at radius 2 is 1.91 bits per heavy atom. The SMILES string of the molecule is C[C@@H]1CCCC(CO)[C@H]1CO. The van der Waals surface area contributed by atoms with Crippen molar-refractivity contribution < 1.29 is 10.2 Å². The lowest BCUT2D eigenvalue weighted by molar-refractivity contribution is 0.0519. The molecule has 1 unspecified atom stereocenters. The molecule has 66 valence electrons. The predicted octanol–water partition coefficient (Wildman–Crippen LogP) is 1.02. The maximum Gasteiger partial charge on any atom is 0.0465 e. The Kier molecular flexibility index (Phi) is 3.34. The van der Waals surface area contributed by atoms with Gasteiger partial charge in [0, 0.05) is 13.2 Å². The number of hydrogen-bond donors (Lipinski definition) is 2. The molecule has 1 aliphatic rings. The molecule has 0 aliphatic heterocycles. The van der Waals surface area contributed by atoms with Crippen LogP contribution in [0.25, 0.3) is 0 Å². The summed E-state index contributed by atoms with van der Waals surface area (Å²) in [6.45, 7) is 2.66. The maximum atomic E-state index is 9.05. The lowest BCUT2D eigenvalue weighted by Gasteiger charge is -2.34. The van der Waals surface area contributed by atoms with Gasteiger partial charge in [-0.05, 0) is 24.2 Å². The van der Waals surface area contributed by atoms with Crippen LogP contribution in [0.5, 0.6) is 0 Å². The lowest BCUT2D eigenvalue weighted by Crippen LogP contribution is -2.31. The summed E-state index contributed by atoms with van der Waals surface area (Å²) in [4.78, 5) is 0. The molecule has 0 aromatic carbocycles. The lowest BCUT2D eigenvalue weighted by atomic mass is 9.73. The van der Waals surface area contributed by atoms with Crippen molar-refractivity contribution >= 4 is 0 Å². The molecule has 3 atom stereocenters. The zero-order valence-corrected chi connectivity index (χ0v) is 7.16. The van der Waals surface area contributed by atoms with E-state index in [0.29, 0.717) is 17.8 Å². The van der Waals surface area contributed by atoms with E-state index in [2.05, 4.69) is 6.92 Å². The Balaban J connectivity index is 2.48. The molecule has 2 N–H and O–H groups in total. The third kappa shape index (κ3) is 1.94. The van der Waals surface area contributed by atoms with Crippen LogP contribution in [0, 0.1) is 17.8 Å². The third-order valence-electron chi connectivity index (χ3n) is 3.02. The van der Waals surface area contributed by atoms with E-state index < -0.39 is 0 Å². The van der Waals surface area contributed by atoms with Crippen LogP contribution in [0.4, 0.5) is 0 Å². The summed E-state index contributed by atoms with van der Waals surface area (Å²) in [5, 5.41) is 18.1. The van der Waals surface area contributed by atoms with Crippen LogP contribution in [0.15, 0.2) is 0 Å². The van der Waals surface area contributed by atoms with Crippen LogP contribution < -0.4 is 0 Å². The highest BCUT2D eigenvalue weighted by Gasteiger charge is 2.29. The van der Waals surface area contributed by atoms with Crippen molar-refractivity contribution in [1.29, 1.82) is 0 Å². The van der Waals surface area contributed by atoms with Crippen LogP contribution in [0.2, 0.25) is 0 Å². The van der Waals surface area contributed by atoms with Gasteiger partial charge in [-0.2, -0.15) is 0 Å². The summed E-state index contributed by atoms with van der Waals surface area (Å²) in [7, 11) is 0. The van der Waals surface area contributed by atoms with Gasteiger partial charge >= 0.3 is 0 Å². The van der Waals surface area contributed by atoms with Gasteiger partial charge in [0.05, 0.1) is 0 Å². The normalized spacial score (nSPS) is 39.0. The molecule has 0 heterocycles. The first kappa shape index (κ1) is 9.01. The Morgan fingerprint density at radius 3 is 2.36 bits per heavy atom. The molecule has 1 fully saturated rings. The van der Waals surface area contributed by atoms with Gasteiger partial charge in [0.15, 0.2) is 0 Å². The topological polar surface area (TPSA) is 40.5 Å². The van der Waals surface area contributed by atoms with Crippen LogP contribution in [-0.4, -0.2) is 23.4 Å². The van der Waals surface area contributed by atoms with E-state index in [0.717, 1.165) is 6.42 Å². The summed E-state index contributed by atoms with van der Waals surface area (Å²) in [5.74, 6) is 1.28. The highest BCUT2D eigenvalue weighted by molar-refractivity contribution is 4.78. The predicted molar refractivity (Wildman–Crippen MR) is 44.2 cm³/mol. The second-order valence-electron chi connectivity index (χ2n) is 3.70. The quantitative estimate of drug-likeness (QED) is 0.630. The van der Waals surface area contributed by atoms with Crippen LogP contribution in [0.3, 0.4) is 0 Å². The second-order valence-corrected chi connectivity index (χ2v) is 3.70. The fraction of sp³-hybridized carbons (Fsp3) is 1.00. The van der Waals surface area contributed by atoms with Crippen molar-refractivity contribution in [2.45, 2.75) is 26.2 Å². The highest BCUT2D eigenvalue weighted by Crippen LogP contribution is 2.33. The zero-order chi connectivity index (χ0) is 8.27. The largest absolute Gasteiger partial charge is 0.396 e. The third-order valence-corrected chi connectivity index (χ3v) is 3.02. The van der Waals surface area contributed by atoms with Gasteiger partial charge in [0.1, 0.15) is 0 Å². The first-order valence-electron chi connectivity index (χ1n) is 4.51. The van der Waals surface area contributed by atoms with Gasteiger partial charge in [-0.25, -0.2) is 0 Å². The van der Waals surface area contributed by atoms with E-state index in [9.17, 15) is 0 Å². The minimum absolute atomic E-state index is 0.242. The summed E-state index contributed by atoms with van der Waals surface area (Å²) in [6, 6.07) is 0. The van der Waals surface area contributed by atoms with E-state index in [4.69, 9.17) is 10.2 Å². The van der Waals surface area contributed by atoms with Crippen LogP contribution in [0.1, 0.15) is 26.2 Å². The fourth-order valence-electron chi connectivity index (χ4n) is 2.15. The summed E-state index contributed by atoms with van der Waals surface area (Å²) >= 11 is 0. The van der Waals surface area contributed by atoms with E-state index in [1.54, 1.807) is 0 Å². The van der Waals surface area contributed by atoms with Crippen LogP contribution >= 0.6 is 0 Å². The van der Waals surface area contributed by atoms with Crippen molar-refractivity contribution in [3.05, 3.63) is 0 Å². The van der Waals surface area contributed by atoms with Gasteiger partial charge < -0.3 is 10.2 Å². The molecule has 2 heteroatoms. The molecule has 0 aromatic heterocycles. The van der Waals surface area contributed by atoms with Gasteiger partial charge in [-0.15, -0.1) is 0 Å². The summed E-state index contributed by atoms with van der Waals surface area (Å²) in [5.41, 5.74) is 0. The smallest absolute Gasteiger partial charge is 0.0465 e. The highest BCUT2D eigenvalue weighted by atomic mass is 16.3. The second kappa shape index (κ2) is 4.07. The molecule has 1 aliphatic carbocycles. The Labute approximate surface area is 68.2 Å². The number of aliphatic hydroxyl groups excluding tert-OH is 2. The molecule has 11 heavy (non-hydrogen) atoms. The zero-order valence-electron chi connectivity index (χ0n) is 7.16. The van der Waals surface area contributed by atoms with Crippen molar-refractivity contribution in [1.82, 2.24) is 0 Å². The fourth-order valence-corrected chi connectivity index (χ4v) is 2.15. The van der Waals surface area contributed by atoms with E-state index >= 15 is 0 Å². The van der Waals surface area contributed by atoms with E-state index in [1.165, 1.54) is 12.8 Å². The molecule has 0 spiro atoms. The van der Waals surface area contributed by atoms with Crippen molar-refractivity contribution in [3.8, 4) is 0 Å². The van der Waals surface area contributed by atoms with Crippen molar-refractivity contribution in [3.63, 3.8) is 0 Å². The number of hydrogen-bond acceptors (Lipinski definition) is 2. The van der Waals surface area contributed by atoms with Crippen molar-refractivity contribution in [2.24, 2.45) is 17.8 Å². The first-order valence-corrected chi connectivity index (χ1v) is 4.51. The van der Waals surface area contributed by atoms with Crippen molar-refractivity contribution in [2.75, 3.05) is 13.2 Å². The Hall–Kier alpha value is -0.0800. The van der Waals surface area contributed by atoms with E-state index in [1.807, 2.05) is 0 Å². The average molecular weight is 158 g/mol. The number of rotatable bonds is 2. The van der Waals surface area contributed by atoms with Gasteiger partial charge in [0.2, 0.25) is 0 Å². The molecule has 0 aromatic rings. The molecule has 1 rings (SSSR count). The average Bonchev–Trinajstić information content (AvgIpc) is 2.04. The summed E-state index contributed by atoms with van der Waals surface area (Å²) < 4.78 is 0. The van der Waals surface area contributed by atoms with Gasteiger partial charge in [-0.1, -0.05) is 19.8 Å². The molecule has 0 radical (unpaired) electrons.